The second-order valence-electron chi connectivity index (χ2n) is 4.37. The predicted molar refractivity (Wildman–Crippen MR) is 72.5 cm³/mol. The first-order valence-electron chi connectivity index (χ1n) is 5.94. The molecule has 0 saturated carbocycles. The summed E-state index contributed by atoms with van der Waals surface area (Å²) in [5.74, 6) is 0. The largest absolute Gasteiger partial charge is 0.472 e. The van der Waals surface area contributed by atoms with Gasteiger partial charge in [-0.25, -0.2) is 4.98 Å². The zero-order valence-electron chi connectivity index (χ0n) is 10.9. The van der Waals surface area contributed by atoms with Crippen LogP contribution in [0.25, 0.3) is 10.6 Å². The van der Waals surface area contributed by atoms with Gasteiger partial charge in [-0.3, -0.25) is 0 Å². The maximum atomic E-state index is 5.20. The zero-order valence-corrected chi connectivity index (χ0v) is 11.7. The van der Waals surface area contributed by atoms with Crippen LogP contribution in [-0.2, 0) is 17.9 Å². The van der Waals surface area contributed by atoms with E-state index in [1.807, 2.05) is 6.07 Å². The molecule has 0 radical (unpaired) electrons. The number of nitrogens with one attached hydrogen (secondary N) is 1. The molecule has 0 fully saturated rings. The Morgan fingerprint density at radius 3 is 2.94 bits per heavy atom. The van der Waals surface area contributed by atoms with Crippen LogP contribution in [0.4, 0.5) is 0 Å². The van der Waals surface area contributed by atoms with Gasteiger partial charge in [0, 0.05) is 30.1 Å². The van der Waals surface area contributed by atoms with E-state index in [-0.39, 0.29) is 0 Å². The van der Waals surface area contributed by atoms with Crippen molar-refractivity contribution in [1.29, 1.82) is 0 Å². The first kappa shape index (κ1) is 13.3. The summed E-state index contributed by atoms with van der Waals surface area (Å²) in [4.78, 5) is 5.84. The van der Waals surface area contributed by atoms with Crippen molar-refractivity contribution in [3.63, 3.8) is 0 Å². The molecule has 0 aliphatic carbocycles. The third-order valence-corrected chi connectivity index (χ3v) is 3.64. The predicted octanol–water partition coefficient (Wildman–Crippen LogP) is 3.05. The van der Waals surface area contributed by atoms with Crippen LogP contribution in [0.3, 0.4) is 0 Å². The highest BCUT2D eigenvalue weighted by Gasteiger charge is 2.13. The van der Waals surface area contributed by atoms with Crippen LogP contribution in [-0.4, -0.2) is 18.1 Å². The van der Waals surface area contributed by atoms with Gasteiger partial charge in [-0.2, -0.15) is 0 Å². The fourth-order valence-electron chi connectivity index (χ4n) is 1.58. The molecule has 0 amide bonds. The van der Waals surface area contributed by atoms with Gasteiger partial charge >= 0.3 is 0 Å². The van der Waals surface area contributed by atoms with Crippen LogP contribution in [0, 0.1) is 0 Å². The average molecular weight is 266 g/mol. The summed E-state index contributed by atoms with van der Waals surface area (Å²) in [7, 11) is 1.69. The Morgan fingerprint density at radius 1 is 1.50 bits per heavy atom. The minimum Gasteiger partial charge on any atom is -0.472 e. The number of aromatic nitrogens is 1. The zero-order chi connectivity index (χ0) is 13.0. The third kappa shape index (κ3) is 3.19. The molecule has 0 spiro atoms. The minimum absolute atomic E-state index is 0.458. The number of nitrogens with zero attached hydrogens (tertiary/aromatic N) is 1. The fraction of sp³-hybridized carbons (Fsp3) is 0.462. The van der Waals surface area contributed by atoms with Gasteiger partial charge in [-0.1, -0.05) is 13.8 Å². The molecule has 2 heterocycles. The number of furan rings is 1. The maximum absolute atomic E-state index is 5.20. The van der Waals surface area contributed by atoms with Gasteiger partial charge in [0.15, 0.2) is 0 Å². The Labute approximate surface area is 111 Å². The Balaban J connectivity index is 2.21. The van der Waals surface area contributed by atoms with E-state index in [1.165, 1.54) is 4.88 Å². The Morgan fingerprint density at radius 2 is 2.33 bits per heavy atom. The average Bonchev–Trinajstić information content (AvgIpc) is 2.95. The summed E-state index contributed by atoms with van der Waals surface area (Å²) >= 11 is 1.69. The smallest absolute Gasteiger partial charge is 0.127 e. The lowest BCUT2D eigenvalue weighted by Gasteiger charge is -2.07. The number of rotatable bonds is 6. The monoisotopic (exact) mass is 266 g/mol. The van der Waals surface area contributed by atoms with Crippen molar-refractivity contribution in [2.24, 2.45) is 0 Å². The van der Waals surface area contributed by atoms with Gasteiger partial charge in [0.1, 0.15) is 11.3 Å². The fourth-order valence-corrected chi connectivity index (χ4v) is 2.58. The standard InChI is InChI=1S/C13H18N2O2S/c1-9(2)14-6-12-11(8-16-3)15-13(18-12)10-4-5-17-7-10/h4-5,7,9,14H,6,8H2,1-3H3. The summed E-state index contributed by atoms with van der Waals surface area (Å²) in [6, 6.07) is 2.38. The lowest BCUT2D eigenvalue weighted by molar-refractivity contribution is 0.181. The minimum atomic E-state index is 0.458. The lowest BCUT2D eigenvalue weighted by atomic mass is 10.3. The first-order valence-corrected chi connectivity index (χ1v) is 6.76. The van der Waals surface area contributed by atoms with Gasteiger partial charge in [0.05, 0.1) is 18.6 Å². The number of hydrogen-bond acceptors (Lipinski definition) is 5. The van der Waals surface area contributed by atoms with Crippen LogP contribution in [0.1, 0.15) is 24.4 Å². The van der Waals surface area contributed by atoms with E-state index in [1.54, 1.807) is 31.0 Å². The summed E-state index contributed by atoms with van der Waals surface area (Å²) in [6.45, 7) is 5.64. The second kappa shape index (κ2) is 6.13. The molecular formula is C13H18N2O2S. The summed E-state index contributed by atoms with van der Waals surface area (Å²) < 4.78 is 10.3. The van der Waals surface area contributed by atoms with E-state index >= 15 is 0 Å². The summed E-state index contributed by atoms with van der Waals surface area (Å²) in [5, 5.41) is 4.39. The van der Waals surface area contributed by atoms with Gasteiger partial charge in [-0.05, 0) is 6.07 Å². The molecule has 2 aromatic heterocycles. The molecule has 5 heteroatoms. The van der Waals surface area contributed by atoms with Crippen LogP contribution < -0.4 is 5.32 Å². The highest BCUT2D eigenvalue weighted by Crippen LogP contribution is 2.28. The number of methoxy groups -OCH3 is 1. The number of thiazole rings is 1. The Bertz CT molecular complexity index is 477. The summed E-state index contributed by atoms with van der Waals surface area (Å²) in [5.41, 5.74) is 2.03. The van der Waals surface area contributed by atoms with Gasteiger partial charge < -0.3 is 14.5 Å². The molecule has 2 aromatic rings. The maximum Gasteiger partial charge on any atom is 0.127 e. The van der Waals surface area contributed by atoms with Crippen LogP contribution >= 0.6 is 11.3 Å². The van der Waals surface area contributed by atoms with E-state index in [9.17, 15) is 0 Å². The molecular weight excluding hydrogens is 248 g/mol. The molecule has 0 atom stereocenters. The Hall–Kier alpha value is -1.17. The van der Waals surface area contributed by atoms with Crippen molar-refractivity contribution < 1.29 is 9.15 Å². The molecule has 18 heavy (non-hydrogen) atoms. The quantitative estimate of drug-likeness (QED) is 0.873. The molecule has 2 rings (SSSR count). The van der Waals surface area contributed by atoms with E-state index < -0.39 is 0 Å². The van der Waals surface area contributed by atoms with Gasteiger partial charge in [0.2, 0.25) is 0 Å². The van der Waals surface area contributed by atoms with E-state index in [0.29, 0.717) is 12.6 Å². The molecule has 4 nitrogen and oxygen atoms in total. The van der Waals surface area contributed by atoms with Crippen LogP contribution in [0.5, 0.6) is 0 Å². The van der Waals surface area contributed by atoms with Gasteiger partial charge in [0.25, 0.3) is 0 Å². The number of hydrogen-bond donors (Lipinski definition) is 1. The first-order chi connectivity index (χ1) is 8.70. The van der Waals surface area contributed by atoms with Crippen molar-refractivity contribution in [2.45, 2.75) is 33.0 Å². The van der Waals surface area contributed by atoms with Crippen LogP contribution in [0.15, 0.2) is 23.0 Å². The lowest BCUT2D eigenvalue weighted by Crippen LogP contribution is -2.21. The van der Waals surface area contributed by atoms with Crippen molar-refractivity contribution in [1.82, 2.24) is 10.3 Å². The molecule has 0 saturated heterocycles. The normalized spacial score (nSPS) is 11.3. The molecule has 1 N–H and O–H groups in total. The van der Waals surface area contributed by atoms with Crippen LogP contribution in [0.2, 0.25) is 0 Å². The van der Waals surface area contributed by atoms with Crippen molar-refractivity contribution in [2.75, 3.05) is 7.11 Å². The molecule has 0 bridgehead atoms. The molecule has 0 unspecified atom stereocenters. The third-order valence-electron chi connectivity index (χ3n) is 2.50. The molecule has 0 aliphatic rings. The number of ether oxygens (including phenoxy) is 1. The topological polar surface area (TPSA) is 47.3 Å². The highest BCUT2D eigenvalue weighted by atomic mass is 32.1. The van der Waals surface area contributed by atoms with Crippen molar-refractivity contribution in [3.05, 3.63) is 29.2 Å². The van der Waals surface area contributed by atoms with Crippen molar-refractivity contribution >= 4 is 11.3 Å². The van der Waals surface area contributed by atoms with E-state index in [2.05, 4.69) is 24.1 Å². The Kier molecular flexibility index (Phi) is 4.52. The van der Waals surface area contributed by atoms with Crippen molar-refractivity contribution in [3.8, 4) is 10.6 Å². The van der Waals surface area contributed by atoms with E-state index in [4.69, 9.17) is 9.15 Å². The van der Waals surface area contributed by atoms with E-state index in [0.717, 1.165) is 22.8 Å². The van der Waals surface area contributed by atoms with Gasteiger partial charge in [-0.15, -0.1) is 11.3 Å². The SMILES string of the molecule is COCc1nc(-c2ccoc2)sc1CNC(C)C. The second-order valence-corrected chi connectivity index (χ2v) is 5.45. The molecule has 0 aliphatic heterocycles. The molecule has 0 aromatic carbocycles. The molecule has 98 valence electrons. The highest BCUT2D eigenvalue weighted by molar-refractivity contribution is 7.15. The summed E-state index contributed by atoms with van der Waals surface area (Å²) in [6.07, 6.45) is 3.38.